The fourth-order valence-corrected chi connectivity index (χ4v) is 1.66. The Morgan fingerprint density at radius 3 is 2.50 bits per heavy atom. The van der Waals surface area contributed by atoms with E-state index in [0.29, 0.717) is 6.54 Å². The molecule has 1 aliphatic rings. The number of nitrogens with zero attached hydrogens (tertiary/aromatic N) is 2. The SMILES string of the molecule is CCN(CC(=O)N1CCNCC1)C(=O)NC. The predicted octanol–water partition coefficient (Wildman–Crippen LogP) is -0.920. The highest BCUT2D eigenvalue weighted by molar-refractivity contribution is 5.84. The maximum Gasteiger partial charge on any atom is 0.317 e. The lowest BCUT2D eigenvalue weighted by molar-refractivity contribution is -0.132. The van der Waals surface area contributed by atoms with E-state index in [1.807, 2.05) is 6.92 Å². The van der Waals surface area contributed by atoms with Crippen molar-refractivity contribution in [1.82, 2.24) is 20.4 Å². The average molecular weight is 228 g/mol. The van der Waals surface area contributed by atoms with Crippen LogP contribution in [0.2, 0.25) is 0 Å². The number of rotatable bonds is 3. The minimum Gasteiger partial charge on any atom is -0.341 e. The average Bonchev–Trinajstić information content (AvgIpc) is 2.35. The summed E-state index contributed by atoms with van der Waals surface area (Å²) < 4.78 is 0. The largest absolute Gasteiger partial charge is 0.341 e. The van der Waals surface area contributed by atoms with Gasteiger partial charge in [0.05, 0.1) is 0 Å². The fourth-order valence-electron chi connectivity index (χ4n) is 1.66. The molecule has 92 valence electrons. The molecule has 1 aliphatic heterocycles. The van der Waals surface area contributed by atoms with Gasteiger partial charge in [0, 0.05) is 39.8 Å². The monoisotopic (exact) mass is 228 g/mol. The van der Waals surface area contributed by atoms with E-state index in [4.69, 9.17) is 0 Å². The number of amides is 3. The van der Waals surface area contributed by atoms with E-state index in [9.17, 15) is 9.59 Å². The molecule has 1 saturated heterocycles. The third kappa shape index (κ3) is 3.37. The molecule has 0 bridgehead atoms. The minimum atomic E-state index is -0.203. The summed E-state index contributed by atoms with van der Waals surface area (Å²) in [6.45, 7) is 5.68. The van der Waals surface area contributed by atoms with Gasteiger partial charge in [-0.05, 0) is 6.92 Å². The van der Waals surface area contributed by atoms with Gasteiger partial charge in [0.25, 0.3) is 0 Å². The molecule has 0 spiro atoms. The Hall–Kier alpha value is -1.30. The van der Waals surface area contributed by atoms with Crippen molar-refractivity contribution in [3.05, 3.63) is 0 Å². The van der Waals surface area contributed by atoms with Crippen LogP contribution >= 0.6 is 0 Å². The zero-order valence-electron chi connectivity index (χ0n) is 9.95. The molecule has 1 heterocycles. The van der Waals surface area contributed by atoms with E-state index in [1.54, 1.807) is 11.9 Å². The molecule has 0 unspecified atom stereocenters. The lowest BCUT2D eigenvalue weighted by Gasteiger charge is -2.29. The van der Waals surface area contributed by atoms with Crippen molar-refractivity contribution in [3.8, 4) is 0 Å². The Morgan fingerprint density at radius 1 is 1.38 bits per heavy atom. The van der Waals surface area contributed by atoms with Crippen LogP contribution in [-0.2, 0) is 4.79 Å². The fraction of sp³-hybridized carbons (Fsp3) is 0.800. The Bertz CT molecular complexity index is 251. The first-order valence-corrected chi connectivity index (χ1v) is 5.64. The normalized spacial score (nSPS) is 15.8. The van der Waals surface area contributed by atoms with Gasteiger partial charge in [-0.2, -0.15) is 0 Å². The van der Waals surface area contributed by atoms with Crippen LogP contribution in [-0.4, -0.2) is 68.1 Å². The standard InChI is InChI=1S/C10H20N4O2/c1-3-13(10(16)11-2)8-9(15)14-6-4-12-5-7-14/h12H,3-8H2,1-2H3,(H,11,16). The van der Waals surface area contributed by atoms with E-state index in [0.717, 1.165) is 26.2 Å². The van der Waals surface area contributed by atoms with Crippen LogP contribution in [0.5, 0.6) is 0 Å². The van der Waals surface area contributed by atoms with E-state index in [1.165, 1.54) is 4.90 Å². The van der Waals surface area contributed by atoms with Gasteiger partial charge in [0.15, 0.2) is 0 Å². The van der Waals surface area contributed by atoms with Crippen molar-refractivity contribution in [2.24, 2.45) is 0 Å². The molecular weight excluding hydrogens is 208 g/mol. The molecule has 0 aromatic rings. The summed E-state index contributed by atoms with van der Waals surface area (Å²) in [5.74, 6) is 0.0203. The Kier molecular flexibility index (Phi) is 5.04. The molecule has 2 N–H and O–H groups in total. The minimum absolute atomic E-state index is 0.0203. The van der Waals surface area contributed by atoms with Gasteiger partial charge >= 0.3 is 6.03 Å². The number of hydrogen-bond donors (Lipinski definition) is 2. The molecule has 1 rings (SSSR count). The lowest BCUT2D eigenvalue weighted by Crippen LogP contribution is -2.51. The van der Waals surface area contributed by atoms with Crippen LogP contribution in [0.4, 0.5) is 4.79 Å². The molecule has 6 nitrogen and oxygen atoms in total. The molecule has 16 heavy (non-hydrogen) atoms. The molecule has 0 radical (unpaired) electrons. The Labute approximate surface area is 96.0 Å². The van der Waals surface area contributed by atoms with Crippen LogP contribution < -0.4 is 10.6 Å². The Balaban J connectivity index is 2.44. The van der Waals surface area contributed by atoms with Gasteiger partial charge in [-0.1, -0.05) is 0 Å². The topological polar surface area (TPSA) is 64.7 Å². The summed E-state index contributed by atoms with van der Waals surface area (Å²) in [7, 11) is 1.57. The number of hydrogen-bond acceptors (Lipinski definition) is 3. The number of piperazine rings is 1. The summed E-state index contributed by atoms with van der Waals surface area (Å²) in [6, 6.07) is -0.203. The van der Waals surface area contributed by atoms with Gasteiger partial charge in [0.1, 0.15) is 6.54 Å². The van der Waals surface area contributed by atoms with Crippen molar-refractivity contribution < 1.29 is 9.59 Å². The molecule has 0 saturated carbocycles. The zero-order chi connectivity index (χ0) is 12.0. The van der Waals surface area contributed by atoms with Gasteiger partial charge in [-0.3, -0.25) is 4.79 Å². The quantitative estimate of drug-likeness (QED) is 0.656. The summed E-state index contributed by atoms with van der Waals surface area (Å²) in [6.07, 6.45) is 0. The molecule has 0 aromatic heterocycles. The highest BCUT2D eigenvalue weighted by atomic mass is 16.2. The third-order valence-corrected chi connectivity index (χ3v) is 2.68. The molecular formula is C10H20N4O2. The molecule has 1 fully saturated rings. The van der Waals surface area contributed by atoms with Crippen LogP contribution in [0.15, 0.2) is 0 Å². The van der Waals surface area contributed by atoms with Crippen molar-refractivity contribution in [3.63, 3.8) is 0 Å². The summed E-state index contributed by atoms with van der Waals surface area (Å²) in [5, 5.41) is 5.71. The summed E-state index contributed by atoms with van der Waals surface area (Å²) in [4.78, 5) is 26.6. The van der Waals surface area contributed by atoms with E-state index < -0.39 is 0 Å². The van der Waals surface area contributed by atoms with E-state index in [2.05, 4.69) is 10.6 Å². The van der Waals surface area contributed by atoms with Crippen molar-refractivity contribution >= 4 is 11.9 Å². The first-order chi connectivity index (χ1) is 7.69. The van der Waals surface area contributed by atoms with Gasteiger partial charge in [-0.25, -0.2) is 4.79 Å². The van der Waals surface area contributed by atoms with Crippen LogP contribution in [0.3, 0.4) is 0 Å². The van der Waals surface area contributed by atoms with E-state index in [-0.39, 0.29) is 18.5 Å². The zero-order valence-corrected chi connectivity index (χ0v) is 9.95. The molecule has 6 heteroatoms. The number of urea groups is 1. The summed E-state index contributed by atoms with van der Waals surface area (Å²) in [5.41, 5.74) is 0. The number of nitrogens with one attached hydrogen (secondary N) is 2. The van der Waals surface area contributed by atoms with Gasteiger partial charge in [0.2, 0.25) is 5.91 Å². The second kappa shape index (κ2) is 6.32. The van der Waals surface area contributed by atoms with Gasteiger partial charge in [-0.15, -0.1) is 0 Å². The summed E-state index contributed by atoms with van der Waals surface area (Å²) >= 11 is 0. The third-order valence-electron chi connectivity index (χ3n) is 2.68. The van der Waals surface area contributed by atoms with Crippen LogP contribution in [0.1, 0.15) is 6.92 Å². The maximum atomic E-state index is 11.9. The predicted molar refractivity (Wildman–Crippen MR) is 61.2 cm³/mol. The second-order valence-corrected chi connectivity index (χ2v) is 3.70. The molecule has 3 amide bonds. The highest BCUT2D eigenvalue weighted by Gasteiger charge is 2.20. The molecule has 0 aromatic carbocycles. The molecule has 0 aliphatic carbocycles. The Morgan fingerprint density at radius 2 is 2.00 bits per heavy atom. The number of carbonyl (C=O) groups excluding carboxylic acids is 2. The first-order valence-electron chi connectivity index (χ1n) is 5.64. The van der Waals surface area contributed by atoms with Crippen molar-refractivity contribution in [2.75, 3.05) is 46.3 Å². The second-order valence-electron chi connectivity index (χ2n) is 3.70. The smallest absolute Gasteiger partial charge is 0.317 e. The van der Waals surface area contributed by atoms with Crippen molar-refractivity contribution in [1.29, 1.82) is 0 Å². The molecule has 0 atom stereocenters. The van der Waals surface area contributed by atoms with Crippen LogP contribution in [0.25, 0.3) is 0 Å². The first kappa shape index (κ1) is 12.8. The maximum absolute atomic E-state index is 11.9. The van der Waals surface area contributed by atoms with Crippen molar-refractivity contribution in [2.45, 2.75) is 6.92 Å². The van der Waals surface area contributed by atoms with E-state index >= 15 is 0 Å². The number of carbonyl (C=O) groups is 2. The van der Waals surface area contributed by atoms with Crippen LogP contribution in [0, 0.1) is 0 Å². The lowest BCUT2D eigenvalue weighted by atomic mass is 10.3. The number of likely N-dealkylation sites (N-methyl/N-ethyl adjacent to an activating group) is 1. The highest BCUT2D eigenvalue weighted by Crippen LogP contribution is 1.97. The van der Waals surface area contributed by atoms with Gasteiger partial charge < -0.3 is 20.4 Å².